The van der Waals surface area contributed by atoms with Crippen molar-refractivity contribution in [1.82, 2.24) is 10.2 Å². The first-order valence-electron chi connectivity index (χ1n) is 12.4. The topological polar surface area (TPSA) is 94.2 Å². The van der Waals surface area contributed by atoms with Crippen molar-refractivity contribution in [1.29, 1.82) is 0 Å². The van der Waals surface area contributed by atoms with Gasteiger partial charge in [0, 0.05) is 13.0 Å². The Morgan fingerprint density at radius 1 is 1.03 bits per heavy atom. The molecule has 1 saturated heterocycles. The minimum absolute atomic E-state index is 0.143. The Kier molecular flexibility index (Phi) is 9.33. The second-order valence-corrected chi connectivity index (χ2v) is 9.76. The van der Waals surface area contributed by atoms with Crippen LogP contribution in [-0.4, -0.2) is 53.7 Å². The minimum atomic E-state index is -0.902. The summed E-state index contributed by atoms with van der Waals surface area (Å²) in [4.78, 5) is 40.6. The maximum Gasteiger partial charge on any atom is 0.408 e. The van der Waals surface area contributed by atoms with Crippen LogP contribution in [0.25, 0.3) is 0 Å². The van der Waals surface area contributed by atoms with Gasteiger partial charge in [-0.2, -0.15) is 0 Å². The maximum absolute atomic E-state index is 13.6. The molecule has 0 unspecified atom stereocenters. The van der Waals surface area contributed by atoms with Crippen molar-refractivity contribution in [2.75, 3.05) is 13.2 Å². The third-order valence-electron chi connectivity index (χ3n) is 5.70. The number of carbonyl (C=O) groups is 3. The molecule has 8 nitrogen and oxygen atoms in total. The van der Waals surface area contributed by atoms with Crippen LogP contribution in [-0.2, 0) is 32.1 Å². The summed E-state index contributed by atoms with van der Waals surface area (Å²) >= 11 is 0. The van der Waals surface area contributed by atoms with Gasteiger partial charge in [0.25, 0.3) is 0 Å². The number of nitrogens with zero attached hydrogens (tertiary/aromatic N) is 1. The van der Waals surface area contributed by atoms with E-state index in [4.69, 9.17) is 14.2 Å². The molecule has 0 bridgehead atoms. The number of ether oxygens (including phenoxy) is 3. The molecule has 3 rings (SSSR count). The van der Waals surface area contributed by atoms with Gasteiger partial charge in [0.2, 0.25) is 5.91 Å². The fraction of sp³-hybridized carbons (Fsp3) is 0.464. The molecule has 1 fully saturated rings. The van der Waals surface area contributed by atoms with Crippen LogP contribution in [0, 0.1) is 0 Å². The highest BCUT2D eigenvalue weighted by atomic mass is 16.6. The highest BCUT2D eigenvalue weighted by Gasteiger charge is 2.39. The molecule has 0 radical (unpaired) electrons. The predicted molar refractivity (Wildman–Crippen MR) is 135 cm³/mol. The summed E-state index contributed by atoms with van der Waals surface area (Å²) in [5, 5.41) is 2.72. The number of hydrogen-bond acceptors (Lipinski definition) is 6. The Labute approximate surface area is 212 Å². The maximum atomic E-state index is 13.6. The van der Waals surface area contributed by atoms with Crippen molar-refractivity contribution in [3.05, 3.63) is 65.7 Å². The van der Waals surface area contributed by atoms with Crippen LogP contribution < -0.4 is 10.1 Å². The zero-order valence-corrected chi connectivity index (χ0v) is 21.5. The zero-order chi connectivity index (χ0) is 26.1. The van der Waals surface area contributed by atoms with Gasteiger partial charge in [0.15, 0.2) is 0 Å². The van der Waals surface area contributed by atoms with Crippen molar-refractivity contribution in [3.63, 3.8) is 0 Å². The summed E-state index contributed by atoms with van der Waals surface area (Å²) in [5.41, 5.74) is 1.01. The molecule has 2 aromatic rings. The SMILES string of the molecule is CCOc1ccc(C[C@H](NC(=O)OC(C)(C)C)C(=O)N2CCC[C@@H]2C(=O)OCc2ccccc2)cc1. The van der Waals surface area contributed by atoms with Crippen molar-refractivity contribution in [3.8, 4) is 5.75 Å². The van der Waals surface area contributed by atoms with Crippen LogP contribution in [0.3, 0.4) is 0 Å². The molecule has 0 spiro atoms. The van der Waals surface area contributed by atoms with Gasteiger partial charge in [-0.25, -0.2) is 9.59 Å². The number of rotatable bonds is 9. The largest absolute Gasteiger partial charge is 0.494 e. The lowest BCUT2D eigenvalue weighted by atomic mass is 10.0. The number of likely N-dealkylation sites (tertiary alicyclic amines) is 1. The summed E-state index contributed by atoms with van der Waals surface area (Å²) < 4.78 is 16.4. The van der Waals surface area contributed by atoms with Gasteiger partial charge in [0.05, 0.1) is 6.61 Å². The number of carbonyl (C=O) groups excluding carboxylic acids is 3. The third kappa shape index (κ3) is 8.00. The predicted octanol–water partition coefficient (Wildman–Crippen LogP) is 4.26. The molecule has 1 heterocycles. The first-order valence-corrected chi connectivity index (χ1v) is 12.4. The monoisotopic (exact) mass is 496 g/mol. The van der Waals surface area contributed by atoms with E-state index >= 15 is 0 Å². The van der Waals surface area contributed by atoms with E-state index < -0.39 is 29.7 Å². The smallest absolute Gasteiger partial charge is 0.408 e. The summed E-state index contributed by atoms with van der Waals surface area (Å²) in [7, 11) is 0. The fourth-order valence-corrected chi connectivity index (χ4v) is 4.07. The third-order valence-corrected chi connectivity index (χ3v) is 5.70. The lowest BCUT2D eigenvalue weighted by Crippen LogP contribution is -2.53. The molecule has 2 amide bonds. The Morgan fingerprint density at radius 3 is 2.36 bits per heavy atom. The van der Waals surface area contributed by atoms with Gasteiger partial charge in [-0.3, -0.25) is 4.79 Å². The fourth-order valence-electron chi connectivity index (χ4n) is 4.07. The van der Waals surface area contributed by atoms with E-state index in [1.807, 2.05) is 61.5 Å². The minimum Gasteiger partial charge on any atom is -0.494 e. The van der Waals surface area contributed by atoms with Crippen molar-refractivity contribution in [2.24, 2.45) is 0 Å². The highest BCUT2D eigenvalue weighted by Crippen LogP contribution is 2.22. The van der Waals surface area contributed by atoms with Gasteiger partial charge in [-0.05, 0) is 63.8 Å². The van der Waals surface area contributed by atoms with E-state index in [1.54, 1.807) is 20.8 Å². The number of alkyl carbamates (subject to hydrolysis) is 1. The molecule has 2 atom stereocenters. The Hall–Kier alpha value is -3.55. The molecular formula is C28H36N2O6. The molecule has 0 aromatic heterocycles. The van der Waals surface area contributed by atoms with Crippen LogP contribution in [0.5, 0.6) is 5.75 Å². The molecule has 1 N–H and O–H groups in total. The molecule has 0 aliphatic carbocycles. The first kappa shape index (κ1) is 27.0. The van der Waals surface area contributed by atoms with Gasteiger partial charge in [0.1, 0.15) is 30.0 Å². The van der Waals surface area contributed by atoms with Crippen molar-refractivity contribution in [2.45, 2.75) is 71.2 Å². The van der Waals surface area contributed by atoms with Crippen LogP contribution in [0.15, 0.2) is 54.6 Å². The molecular weight excluding hydrogens is 460 g/mol. The van der Waals surface area contributed by atoms with Crippen molar-refractivity contribution < 1.29 is 28.6 Å². The number of amides is 2. The van der Waals surface area contributed by atoms with Gasteiger partial charge >= 0.3 is 12.1 Å². The number of nitrogens with one attached hydrogen (secondary N) is 1. The van der Waals surface area contributed by atoms with Crippen LogP contribution >= 0.6 is 0 Å². The molecule has 8 heteroatoms. The number of benzene rings is 2. The quantitative estimate of drug-likeness (QED) is 0.522. The van der Waals surface area contributed by atoms with E-state index in [1.165, 1.54) is 4.90 Å². The lowest BCUT2D eigenvalue weighted by molar-refractivity contribution is -0.155. The van der Waals surface area contributed by atoms with Crippen molar-refractivity contribution >= 4 is 18.0 Å². The number of esters is 1. The summed E-state index contributed by atoms with van der Waals surface area (Å²) in [5.74, 6) is -0.0549. The van der Waals surface area contributed by atoms with Crippen LogP contribution in [0.2, 0.25) is 0 Å². The normalized spacial score (nSPS) is 16.2. The molecule has 2 aromatic carbocycles. The highest BCUT2D eigenvalue weighted by molar-refractivity contribution is 5.90. The second-order valence-electron chi connectivity index (χ2n) is 9.76. The average molecular weight is 497 g/mol. The number of hydrogen-bond donors (Lipinski definition) is 1. The Balaban J connectivity index is 1.73. The van der Waals surface area contributed by atoms with E-state index in [0.29, 0.717) is 26.0 Å². The molecule has 36 heavy (non-hydrogen) atoms. The van der Waals surface area contributed by atoms with E-state index in [9.17, 15) is 14.4 Å². The molecule has 1 aliphatic heterocycles. The van der Waals surface area contributed by atoms with E-state index in [-0.39, 0.29) is 18.9 Å². The van der Waals surface area contributed by atoms with E-state index in [0.717, 1.165) is 16.9 Å². The average Bonchev–Trinajstić information content (AvgIpc) is 3.32. The second kappa shape index (κ2) is 12.4. The van der Waals surface area contributed by atoms with Crippen LogP contribution in [0.1, 0.15) is 51.7 Å². The summed E-state index contributed by atoms with van der Waals surface area (Å²) in [6, 6.07) is 15.2. The molecule has 194 valence electrons. The molecule has 0 saturated carbocycles. The van der Waals surface area contributed by atoms with E-state index in [2.05, 4.69) is 5.32 Å². The summed E-state index contributed by atoms with van der Waals surface area (Å²) in [6.45, 7) is 8.30. The van der Waals surface area contributed by atoms with Gasteiger partial charge in [-0.1, -0.05) is 42.5 Å². The molecule has 1 aliphatic rings. The Bertz CT molecular complexity index is 1020. The Morgan fingerprint density at radius 2 is 1.72 bits per heavy atom. The lowest BCUT2D eigenvalue weighted by Gasteiger charge is -2.29. The first-order chi connectivity index (χ1) is 17.2. The zero-order valence-electron chi connectivity index (χ0n) is 21.5. The van der Waals surface area contributed by atoms with Gasteiger partial charge < -0.3 is 24.4 Å². The van der Waals surface area contributed by atoms with Crippen LogP contribution in [0.4, 0.5) is 4.79 Å². The van der Waals surface area contributed by atoms with Gasteiger partial charge in [-0.15, -0.1) is 0 Å². The summed E-state index contributed by atoms with van der Waals surface area (Å²) in [6.07, 6.45) is 0.752. The standard InChI is InChI=1S/C28H36N2O6/c1-5-34-22-15-13-20(14-16-22)18-23(29-27(33)36-28(2,3)4)25(31)30-17-9-12-24(30)26(32)35-19-21-10-7-6-8-11-21/h6-8,10-11,13-16,23-24H,5,9,12,17-19H2,1-4H3,(H,29,33)/t23-,24+/m0/s1.